The summed E-state index contributed by atoms with van der Waals surface area (Å²) in [5.74, 6) is 0. The van der Waals surface area contributed by atoms with Crippen molar-refractivity contribution in [1.82, 2.24) is 0 Å². The summed E-state index contributed by atoms with van der Waals surface area (Å²) in [5.41, 5.74) is 2.83. The first kappa shape index (κ1) is 18.8. The van der Waals surface area contributed by atoms with Crippen molar-refractivity contribution >= 4 is 4.82 Å². The van der Waals surface area contributed by atoms with Crippen molar-refractivity contribution in [3.8, 4) is 0 Å². The third-order valence-corrected chi connectivity index (χ3v) is 8.28. The van der Waals surface area contributed by atoms with E-state index in [0.717, 1.165) is 25.7 Å². The molecule has 1 heteroatoms. The van der Waals surface area contributed by atoms with Gasteiger partial charge in [-0.2, -0.15) is 0 Å². The summed E-state index contributed by atoms with van der Waals surface area (Å²) in [5, 5.41) is 0. The van der Waals surface area contributed by atoms with Crippen LogP contribution < -0.4 is 0 Å². The van der Waals surface area contributed by atoms with Gasteiger partial charge in [-0.15, -0.1) is 0 Å². The van der Waals surface area contributed by atoms with E-state index >= 15 is 0 Å². The molecule has 0 N–H and O–H groups in total. The summed E-state index contributed by atoms with van der Waals surface area (Å²) in [6.07, 6.45) is 17.9. The fourth-order valence-corrected chi connectivity index (χ4v) is 5.84. The van der Waals surface area contributed by atoms with Gasteiger partial charge in [0.1, 0.15) is 0 Å². The van der Waals surface area contributed by atoms with Crippen LogP contribution in [-0.2, 0) is 30.2 Å². The first-order chi connectivity index (χ1) is 12.8. The quantitative estimate of drug-likeness (QED) is 0.547. The van der Waals surface area contributed by atoms with E-state index in [-0.39, 0.29) is 0 Å². The van der Waals surface area contributed by atoms with Crippen molar-refractivity contribution < 1.29 is 17.4 Å². The fourth-order valence-electron chi connectivity index (χ4n) is 3.13. The average molecular weight is 374 g/mol. The maximum atomic E-state index is 4.35. The zero-order chi connectivity index (χ0) is 18.0. The summed E-state index contributed by atoms with van der Waals surface area (Å²) in [7, 11) is 0. The van der Waals surface area contributed by atoms with Gasteiger partial charge in [-0.25, -0.2) is 0 Å². The fraction of sp³-hybridized carbons (Fsp3) is 0.160. The molecule has 2 aromatic carbocycles. The predicted octanol–water partition coefficient (Wildman–Crippen LogP) is 6.20. The van der Waals surface area contributed by atoms with Crippen molar-refractivity contribution in [2.24, 2.45) is 0 Å². The van der Waals surface area contributed by atoms with Crippen LogP contribution in [0.25, 0.3) is 0 Å². The molecular weight excluding hydrogens is 348 g/mol. The molecule has 0 spiro atoms. The predicted molar refractivity (Wildman–Crippen MR) is 111 cm³/mol. The Labute approximate surface area is 163 Å². The van der Waals surface area contributed by atoms with Crippen LogP contribution in [0, 0.1) is 0 Å². The number of aryl methyl sites for hydroxylation is 2. The first-order valence-electron chi connectivity index (χ1n) is 9.32. The zero-order valence-corrected chi connectivity index (χ0v) is 16.8. The number of benzene rings is 2. The van der Waals surface area contributed by atoms with E-state index in [1.165, 1.54) is 11.1 Å². The second kappa shape index (κ2) is 10.2. The minimum Gasteiger partial charge on any atom is -0.0622 e. The van der Waals surface area contributed by atoms with Crippen molar-refractivity contribution in [3.63, 3.8) is 0 Å². The Kier molecular flexibility index (Phi) is 7.37. The SMILES string of the molecule is [CH2]=[Ti]([C]1=CC=CC1)[C]1=CC=CC1.c1ccc(CCc2ccccc2)cc1. The van der Waals surface area contributed by atoms with Gasteiger partial charge < -0.3 is 0 Å². The third kappa shape index (κ3) is 5.76. The summed E-state index contributed by atoms with van der Waals surface area (Å²) >= 11 is -1.23. The van der Waals surface area contributed by atoms with Gasteiger partial charge in [0, 0.05) is 0 Å². The molecule has 2 aliphatic rings. The number of hydrogen-bond donors (Lipinski definition) is 0. The van der Waals surface area contributed by atoms with Crippen LogP contribution in [0.15, 0.2) is 105 Å². The molecule has 0 fully saturated rings. The molecule has 0 bridgehead atoms. The molecule has 26 heavy (non-hydrogen) atoms. The van der Waals surface area contributed by atoms with Crippen molar-refractivity contribution in [1.29, 1.82) is 0 Å². The number of hydrogen-bond acceptors (Lipinski definition) is 0. The minimum atomic E-state index is -1.23. The molecule has 0 heterocycles. The van der Waals surface area contributed by atoms with E-state index in [0.29, 0.717) is 0 Å². The molecule has 2 aliphatic carbocycles. The molecule has 2 aromatic rings. The van der Waals surface area contributed by atoms with E-state index in [2.05, 4.69) is 102 Å². The molecule has 130 valence electrons. The van der Waals surface area contributed by atoms with E-state index < -0.39 is 17.4 Å². The molecule has 0 saturated heterocycles. The molecule has 0 unspecified atom stereocenters. The van der Waals surface area contributed by atoms with Gasteiger partial charge in [-0.1, -0.05) is 60.7 Å². The molecule has 0 aromatic heterocycles. The summed E-state index contributed by atoms with van der Waals surface area (Å²) in [6.45, 7) is 0. The average Bonchev–Trinajstić information content (AvgIpc) is 3.42. The number of allylic oxidation sites excluding steroid dienone is 8. The molecular formula is C25H26Ti. The summed E-state index contributed by atoms with van der Waals surface area (Å²) in [6, 6.07) is 21.2. The van der Waals surface area contributed by atoms with Crippen molar-refractivity contribution in [2.45, 2.75) is 25.7 Å². The van der Waals surface area contributed by atoms with E-state index in [1.54, 1.807) is 7.76 Å². The van der Waals surface area contributed by atoms with Crippen LogP contribution in [0.4, 0.5) is 0 Å². The van der Waals surface area contributed by atoms with Crippen molar-refractivity contribution in [2.75, 3.05) is 0 Å². The van der Waals surface area contributed by atoms with Crippen LogP contribution >= 0.6 is 0 Å². The standard InChI is InChI=1S/C14H14.2C5H5.CH2.Ti/c1-3-7-13(8-4-1)11-12-14-9-5-2-6-10-14;2*1-2-4-5-3-1;;/h1-10H,11-12H2;2*1-3H,4H2;1H2;. The largest absolute Gasteiger partial charge is 0.0622 e. The molecule has 0 saturated carbocycles. The topological polar surface area (TPSA) is 0 Å². The smallest absolute Gasteiger partial charge is 0.0238 e. The Balaban J connectivity index is 0.000000152. The monoisotopic (exact) mass is 374 g/mol. The normalized spacial score (nSPS) is 14.5. The Morgan fingerprint density at radius 3 is 1.42 bits per heavy atom. The van der Waals surface area contributed by atoms with Crippen LogP contribution in [0.3, 0.4) is 0 Å². The molecule has 4 rings (SSSR count). The molecule has 0 amide bonds. The zero-order valence-electron chi connectivity index (χ0n) is 15.3. The minimum absolute atomic E-state index is 1.13. The number of rotatable bonds is 5. The second-order valence-corrected chi connectivity index (χ2v) is 10.1. The van der Waals surface area contributed by atoms with Gasteiger partial charge in [0.2, 0.25) is 0 Å². The van der Waals surface area contributed by atoms with Crippen LogP contribution in [0.2, 0.25) is 0 Å². The van der Waals surface area contributed by atoms with Crippen LogP contribution in [-0.4, -0.2) is 4.82 Å². The molecule has 0 nitrogen and oxygen atoms in total. The maximum absolute atomic E-state index is 4.35. The van der Waals surface area contributed by atoms with Gasteiger partial charge in [0.25, 0.3) is 0 Å². The van der Waals surface area contributed by atoms with Crippen LogP contribution in [0.1, 0.15) is 24.0 Å². The Bertz CT molecular complexity index is 765. The van der Waals surface area contributed by atoms with E-state index in [1.807, 2.05) is 0 Å². The van der Waals surface area contributed by atoms with E-state index in [4.69, 9.17) is 0 Å². The molecule has 0 atom stereocenters. The molecule has 0 radical (unpaired) electrons. The Morgan fingerprint density at radius 1 is 0.654 bits per heavy atom. The van der Waals surface area contributed by atoms with E-state index in [9.17, 15) is 0 Å². The third-order valence-electron chi connectivity index (χ3n) is 4.71. The van der Waals surface area contributed by atoms with Crippen molar-refractivity contribution in [3.05, 3.63) is 116 Å². The summed E-state index contributed by atoms with van der Waals surface area (Å²) in [4.78, 5) is 4.35. The first-order valence-corrected chi connectivity index (χ1v) is 12.0. The maximum Gasteiger partial charge on any atom is -0.0238 e. The van der Waals surface area contributed by atoms with Crippen LogP contribution in [0.5, 0.6) is 0 Å². The summed E-state index contributed by atoms with van der Waals surface area (Å²) < 4.78 is 3.23. The van der Waals surface area contributed by atoms with Gasteiger partial charge >= 0.3 is 79.3 Å². The molecule has 0 aliphatic heterocycles. The Hall–Kier alpha value is -2.02. The van der Waals surface area contributed by atoms with Gasteiger partial charge in [-0.3, -0.25) is 0 Å². The van der Waals surface area contributed by atoms with Gasteiger partial charge in [0.05, 0.1) is 0 Å². The Morgan fingerprint density at radius 2 is 1.08 bits per heavy atom. The second-order valence-electron chi connectivity index (χ2n) is 6.60. The van der Waals surface area contributed by atoms with Gasteiger partial charge in [-0.05, 0) is 24.0 Å². The van der Waals surface area contributed by atoms with Gasteiger partial charge in [0.15, 0.2) is 0 Å².